The molecule has 0 amide bonds. The summed E-state index contributed by atoms with van der Waals surface area (Å²) in [6, 6.07) is 0. The highest BCUT2D eigenvalue weighted by Gasteiger charge is 2.24. The summed E-state index contributed by atoms with van der Waals surface area (Å²) in [4.78, 5) is 22.2. The summed E-state index contributed by atoms with van der Waals surface area (Å²) >= 11 is 0. The first-order chi connectivity index (χ1) is 6.63. The van der Waals surface area contributed by atoms with Crippen LogP contribution in [0.3, 0.4) is 0 Å². The summed E-state index contributed by atoms with van der Waals surface area (Å²) in [5.41, 5.74) is 0. The second kappa shape index (κ2) is 5.39. The van der Waals surface area contributed by atoms with Gasteiger partial charge in [-0.25, -0.2) is 0 Å². The van der Waals surface area contributed by atoms with Gasteiger partial charge >= 0.3 is 5.97 Å². The molecule has 2 unspecified atom stereocenters. The smallest absolute Gasteiger partial charge is 0.305 e. The maximum atomic E-state index is 11.2. The molecule has 1 fully saturated rings. The maximum absolute atomic E-state index is 11.2. The fourth-order valence-corrected chi connectivity index (χ4v) is 3.66. The standard InChI is InChI=1S/C10H18O3S/c1-3-10(12)13-9-5-4-6-14(7-9)8(2)11/h9,14H,3-7H2,1-2H3. The van der Waals surface area contributed by atoms with Crippen molar-refractivity contribution < 1.29 is 14.3 Å². The molecular formula is C10H18O3S. The molecule has 0 N–H and O–H groups in total. The van der Waals surface area contributed by atoms with Gasteiger partial charge in [-0.05, 0) is 18.6 Å². The fourth-order valence-electron chi connectivity index (χ4n) is 1.59. The van der Waals surface area contributed by atoms with Crippen molar-refractivity contribution in [3.8, 4) is 0 Å². The Hall–Kier alpha value is -0.510. The van der Waals surface area contributed by atoms with Crippen molar-refractivity contribution in [2.75, 3.05) is 11.5 Å². The van der Waals surface area contributed by atoms with Crippen molar-refractivity contribution in [1.82, 2.24) is 0 Å². The topological polar surface area (TPSA) is 43.4 Å². The van der Waals surface area contributed by atoms with Crippen molar-refractivity contribution in [2.24, 2.45) is 0 Å². The fraction of sp³-hybridized carbons (Fsp3) is 0.800. The van der Waals surface area contributed by atoms with Crippen LogP contribution in [0, 0.1) is 0 Å². The molecule has 1 aliphatic heterocycles. The highest BCUT2D eigenvalue weighted by Crippen LogP contribution is 2.34. The lowest BCUT2D eigenvalue weighted by Gasteiger charge is -2.29. The van der Waals surface area contributed by atoms with E-state index in [0.29, 0.717) is 6.42 Å². The van der Waals surface area contributed by atoms with E-state index in [4.69, 9.17) is 4.74 Å². The molecule has 0 aromatic carbocycles. The molecule has 14 heavy (non-hydrogen) atoms. The molecule has 3 nitrogen and oxygen atoms in total. The third-order valence-electron chi connectivity index (χ3n) is 2.41. The van der Waals surface area contributed by atoms with E-state index in [1.807, 2.05) is 0 Å². The van der Waals surface area contributed by atoms with Gasteiger partial charge < -0.3 is 4.74 Å². The number of hydrogen-bond donors (Lipinski definition) is 1. The molecule has 1 heterocycles. The largest absolute Gasteiger partial charge is 0.462 e. The average molecular weight is 218 g/mol. The van der Waals surface area contributed by atoms with E-state index in [9.17, 15) is 9.59 Å². The molecule has 82 valence electrons. The van der Waals surface area contributed by atoms with Crippen LogP contribution in [0.15, 0.2) is 0 Å². The number of carbonyl (C=O) groups is 2. The predicted octanol–water partition coefficient (Wildman–Crippen LogP) is 1.65. The van der Waals surface area contributed by atoms with Gasteiger partial charge in [0.1, 0.15) is 6.10 Å². The molecule has 0 aromatic heterocycles. The zero-order valence-electron chi connectivity index (χ0n) is 8.78. The van der Waals surface area contributed by atoms with E-state index < -0.39 is 10.9 Å². The Labute approximate surface area is 87.5 Å². The van der Waals surface area contributed by atoms with Crippen LogP contribution in [-0.4, -0.2) is 28.7 Å². The molecule has 0 saturated carbocycles. The third-order valence-corrected chi connectivity index (χ3v) is 5.01. The van der Waals surface area contributed by atoms with Crippen LogP contribution in [0.25, 0.3) is 0 Å². The van der Waals surface area contributed by atoms with E-state index in [0.717, 1.165) is 24.3 Å². The summed E-state index contributed by atoms with van der Waals surface area (Å²) in [7, 11) is -0.522. The van der Waals surface area contributed by atoms with Gasteiger partial charge in [-0.2, -0.15) is 10.9 Å². The van der Waals surface area contributed by atoms with E-state index in [-0.39, 0.29) is 17.2 Å². The highest BCUT2D eigenvalue weighted by atomic mass is 32.2. The van der Waals surface area contributed by atoms with E-state index in [1.54, 1.807) is 13.8 Å². The molecule has 1 aliphatic rings. The van der Waals surface area contributed by atoms with Gasteiger partial charge in [0.25, 0.3) is 0 Å². The first-order valence-corrected chi connectivity index (χ1v) is 6.79. The monoisotopic (exact) mass is 218 g/mol. The zero-order valence-corrected chi connectivity index (χ0v) is 9.68. The minimum absolute atomic E-state index is 0.00575. The number of esters is 1. The van der Waals surface area contributed by atoms with Crippen LogP contribution in [0.5, 0.6) is 0 Å². The lowest BCUT2D eigenvalue weighted by molar-refractivity contribution is -0.148. The minimum atomic E-state index is -0.522. The lowest BCUT2D eigenvalue weighted by atomic mass is 10.2. The number of rotatable bonds is 2. The second-order valence-electron chi connectivity index (χ2n) is 3.57. The van der Waals surface area contributed by atoms with Crippen molar-refractivity contribution in [3.05, 3.63) is 0 Å². The normalized spacial score (nSPS) is 29.6. The van der Waals surface area contributed by atoms with E-state index in [2.05, 4.69) is 0 Å². The zero-order chi connectivity index (χ0) is 10.6. The van der Waals surface area contributed by atoms with Gasteiger partial charge in [0.2, 0.25) is 0 Å². The Bertz CT molecular complexity index is 227. The van der Waals surface area contributed by atoms with Crippen LogP contribution in [-0.2, 0) is 14.3 Å². The molecule has 2 atom stereocenters. The van der Waals surface area contributed by atoms with Crippen molar-refractivity contribution in [3.63, 3.8) is 0 Å². The summed E-state index contributed by atoms with van der Waals surface area (Å²) in [6.07, 6.45) is 2.38. The molecular weight excluding hydrogens is 200 g/mol. The summed E-state index contributed by atoms with van der Waals surface area (Å²) < 4.78 is 5.25. The predicted molar refractivity (Wildman–Crippen MR) is 58.8 cm³/mol. The number of thiol groups is 1. The molecule has 1 rings (SSSR count). The minimum Gasteiger partial charge on any atom is -0.462 e. The van der Waals surface area contributed by atoms with Crippen LogP contribution in [0.4, 0.5) is 0 Å². The maximum Gasteiger partial charge on any atom is 0.305 e. The molecule has 0 aromatic rings. The molecule has 4 heteroatoms. The van der Waals surface area contributed by atoms with Crippen LogP contribution in [0.1, 0.15) is 33.1 Å². The quantitative estimate of drug-likeness (QED) is 0.566. The molecule has 0 bridgehead atoms. The summed E-state index contributed by atoms with van der Waals surface area (Å²) in [6.45, 7) is 3.44. The van der Waals surface area contributed by atoms with Crippen molar-refractivity contribution in [2.45, 2.75) is 39.2 Å². The van der Waals surface area contributed by atoms with Crippen LogP contribution >= 0.6 is 10.9 Å². The molecule has 0 radical (unpaired) electrons. The molecule has 0 aliphatic carbocycles. The van der Waals surface area contributed by atoms with Crippen molar-refractivity contribution in [1.29, 1.82) is 0 Å². The number of ether oxygens (including phenoxy) is 1. The Morgan fingerprint density at radius 2 is 2.21 bits per heavy atom. The van der Waals surface area contributed by atoms with E-state index >= 15 is 0 Å². The third kappa shape index (κ3) is 3.33. The van der Waals surface area contributed by atoms with E-state index in [1.165, 1.54) is 0 Å². The van der Waals surface area contributed by atoms with Crippen molar-refractivity contribution >= 4 is 22.0 Å². The molecule has 1 saturated heterocycles. The number of hydrogen-bond acceptors (Lipinski definition) is 3. The SMILES string of the molecule is CCC(=O)OC1CCC[SH](C(C)=O)C1. The van der Waals surface area contributed by atoms with Gasteiger partial charge in [-0.3, -0.25) is 9.59 Å². The van der Waals surface area contributed by atoms with Crippen LogP contribution < -0.4 is 0 Å². The van der Waals surface area contributed by atoms with Gasteiger partial charge in [-0.1, -0.05) is 6.92 Å². The van der Waals surface area contributed by atoms with Gasteiger partial charge in [0, 0.05) is 19.1 Å². The number of carbonyl (C=O) groups excluding carboxylic acids is 2. The lowest BCUT2D eigenvalue weighted by Crippen LogP contribution is -2.27. The van der Waals surface area contributed by atoms with Gasteiger partial charge in [-0.15, -0.1) is 0 Å². The first-order valence-electron chi connectivity index (χ1n) is 5.08. The Balaban J connectivity index is 2.40. The average Bonchev–Trinajstić information content (AvgIpc) is 2.18. The Kier molecular flexibility index (Phi) is 4.45. The Morgan fingerprint density at radius 1 is 1.50 bits per heavy atom. The first kappa shape index (κ1) is 11.6. The second-order valence-corrected chi connectivity index (χ2v) is 6.09. The van der Waals surface area contributed by atoms with Gasteiger partial charge in [0.15, 0.2) is 5.12 Å². The Morgan fingerprint density at radius 3 is 2.79 bits per heavy atom. The highest BCUT2D eigenvalue weighted by molar-refractivity contribution is 8.29. The summed E-state index contributed by atoms with van der Waals surface area (Å²) in [5, 5.41) is 0.289. The van der Waals surface area contributed by atoms with Crippen LogP contribution in [0.2, 0.25) is 0 Å². The molecule has 0 spiro atoms. The summed E-state index contributed by atoms with van der Waals surface area (Å²) in [5.74, 6) is 1.66. The van der Waals surface area contributed by atoms with Gasteiger partial charge in [0.05, 0.1) is 0 Å².